The Balaban J connectivity index is 1.38. The normalized spacial score (nSPS) is 14.9. The van der Waals surface area contributed by atoms with Crippen LogP contribution in [0.3, 0.4) is 0 Å². The Kier molecular flexibility index (Phi) is 6.90. The lowest BCUT2D eigenvalue weighted by Crippen LogP contribution is -2.49. The number of anilines is 1. The van der Waals surface area contributed by atoms with E-state index in [9.17, 15) is 9.59 Å². The molecule has 7 nitrogen and oxygen atoms in total. The van der Waals surface area contributed by atoms with Gasteiger partial charge in [-0.15, -0.1) is 0 Å². The lowest BCUT2D eigenvalue weighted by molar-refractivity contribution is -0.130. The molecule has 0 saturated carbocycles. The van der Waals surface area contributed by atoms with Gasteiger partial charge in [-0.3, -0.25) is 9.59 Å². The fraction of sp³-hybridized carbons (Fsp3) is 0.333. The van der Waals surface area contributed by atoms with Crippen LogP contribution < -0.4 is 10.5 Å². The highest BCUT2D eigenvalue weighted by molar-refractivity contribution is 7.99. The SMILES string of the molecule is Cc1nc(S[C@H](C)c2ccccc2)[nH]c(=O)c1CC(=O)N1CCN(c2ccccn2)CC1. The van der Waals surface area contributed by atoms with Crippen LogP contribution in [-0.2, 0) is 11.2 Å². The number of hydrogen-bond donors (Lipinski definition) is 1. The highest BCUT2D eigenvalue weighted by Crippen LogP contribution is 2.32. The summed E-state index contributed by atoms with van der Waals surface area (Å²) < 4.78 is 0. The molecular weight excluding hydrogens is 422 g/mol. The van der Waals surface area contributed by atoms with Crippen molar-refractivity contribution < 1.29 is 4.79 Å². The van der Waals surface area contributed by atoms with Gasteiger partial charge in [-0.05, 0) is 31.5 Å². The summed E-state index contributed by atoms with van der Waals surface area (Å²) in [5.41, 5.74) is 1.98. The van der Waals surface area contributed by atoms with Gasteiger partial charge in [0.2, 0.25) is 5.91 Å². The molecule has 0 radical (unpaired) electrons. The van der Waals surface area contributed by atoms with Crippen LogP contribution in [0.2, 0.25) is 0 Å². The molecule has 1 N–H and O–H groups in total. The van der Waals surface area contributed by atoms with Crippen molar-refractivity contribution in [1.82, 2.24) is 19.9 Å². The molecule has 0 aliphatic carbocycles. The predicted molar refractivity (Wildman–Crippen MR) is 127 cm³/mol. The maximum Gasteiger partial charge on any atom is 0.255 e. The number of H-pyrrole nitrogens is 1. The Morgan fingerprint density at radius 1 is 1.09 bits per heavy atom. The Labute approximate surface area is 191 Å². The van der Waals surface area contributed by atoms with Crippen LogP contribution in [0.4, 0.5) is 5.82 Å². The number of nitrogens with one attached hydrogen (secondary N) is 1. The number of nitrogens with zero attached hydrogens (tertiary/aromatic N) is 4. The van der Waals surface area contributed by atoms with Crippen LogP contribution in [0.25, 0.3) is 0 Å². The minimum absolute atomic E-state index is 0.0425. The second-order valence-electron chi connectivity index (χ2n) is 7.84. The highest BCUT2D eigenvalue weighted by atomic mass is 32.2. The molecule has 4 rings (SSSR count). The second kappa shape index (κ2) is 9.99. The quantitative estimate of drug-likeness (QED) is 0.460. The fourth-order valence-electron chi connectivity index (χ4n) is 3.80. The number of pyridine rings is 1. The summed E-state index contributed by atoms with van der Waals surface area (Å²) in [5.74, 6) is 0.882. The Hall–Kier alpha value is -3.13. The number of aromatic amines is 1. The molecule has 0 spiro atoms. The summed E-state index contributed by atoms with van der Waals surface area (Å²) in [5, 5.41) is 0.727. The topological polar surface area (TPSA) is 82.2 Å². The summed E-state index contributed by atoms with van der Waals surface area (Å²) in [6, 6.07) is 15.9. The van der Waals surface area contributed by atoms with Crippen molar-refractivity contribution in [3.05, 3.63) is 81.9 Å². The first kappa shape index (κ1) is 22.1. The van der Waals surface area contributed by atoms with E-state index in [0.29, 0.717) is 29.5 Å². The van der Waals surface area contributed by atoms with Crippen LogP contribution in [-0.4, -0.2) is 51.9 Å². The first-order valence-electron chi connectivity index (χ1n) is 10.8. The zero-order valence-corrected chi connectivity index (χ0v) is 19.1. The van der Waals surface area contributed by atoms with Crippen molar-refractivity contribution >= 4 is 23.5 Å². The summed E-state index contributed by atoms with van der Waals surface area (Å²) in [7, 11) is 0. The lowest BCUT2D eigenvalue weighted by Gasteiger charge is -2.35. The standard InChI is InChI=1S/C24H27N5O2S/c1-17-20(23(31)27-24(26-17)32-18(2)19-8-4-3-5-9-19)16-22(30)29-14-12-28(13-15-29)21-10-6-7-11-25-21/h3-11,18H,12-16H2,1-2H3,(H,26,27,31)/t18-/m1/s1. The molecule has 1 fully saturated rings. The van der Waals surface area contributed by atoms with Crippen molar-refractivity contribution in [1.29, 1.82) is 0 Å². The zero-order chi connectivity index (χ0) is 22.5. The molecule has 3 heterocycles. The largest absolute Gasteiger partial charge is 0.353 e. The molecule has 1 aliphatic heterocycles. The van der Waals surface area contributed by atoms with Gasteiger partial charge in [0, 0.05) is 48.9 Å². The van der Waals surface area contributed by atoms with Crippen LogP contribution in [0.5, 0.6) is 0 Å². The van der Waals surface area contributed by atoms with Crippen molar-refractivity contribution in [3.8, 4) is 0 Å². The molecule has 166 valence electrons. The molecule has 0 bridgehead atoms. The molecule has 2 aromatic heterocycles. The number of amides is 1. The molecule has 8 heteroatoms. The second-order valence-corrected chi connectivity index (χ2v) is 9.17. The molecule has 3 aromatic rings. The maximum atomic E-state index is 12.9. The average molecular weight is 450 g/mol. The monoisotopic (exact) mass is 449 g/mol. The number of carbonyl (C=O) groups excluding carboxylic acids is 1. The number of rotatable bonds is 6. The van der Waals surface area contributed by atoms with Gasteiger partial charge in [-0.25, -0.2) is 9.97 Å². The Bertz CT molecular complexity index is 1110. The molecule has 32 heavy (non-hydrogen) atoms. The number of carbonyl (C=O) groups is 1. The van der Waals surface area contributed by atoms with Crippen LogP contribution in [0.15, 0.2) is 64.7 Å². The van der Waals surface area contributed by atoms with Gasteiger partial charge in [0.1, 0.15) is 5.82 Å². The minimum Gasteiger partial charge on any atom is -0.353 e. The molecule has 1 aromatic carbocycles. The van der Waals surface area contributed by atoms with Gasteiger partial charge >= 0.3 is 0 Å². The van der Waals surface area contributed by atoms with Gasteiger partial charge in [0.15, 0.2) is 5.16 Å². The summed E-state index contributed by atoms with van der Waals surface area (Å²) in [6.45, 7) is 6.56. The molecule has 1 atom stereocenters. The van der Waals surface area contributed by atoms with Gasteiger partial charge in [0.25, 0.3) is 5.56 Å². The number of aromatic nitrogens is 3. The van der Waals surface area contributed by atoms with Crippen LogP contribution >= 0.6 is 11.8 Å². The first-order chi connectivity index (χ1) is 15.5. The van der Waals surface area contributed by atoms with Crippen molar-refractivity contribution in [2.45, 2.75) is 30.7 Å². The lowest BCUT2D eigenvalue weighted by atomic mass is 10.1. The smallest absolute Gasteiger partial charge is 0.255 e. The third-order valence-corrected chi connectivity index (χ3v) is 6.73. The average Bonchev–Trinajstić information content (AvgIpc) is 2.82. The number of hydrogen-bond acceptors (Lipinski definition) is 6. The van der Waals surface area contributed by atoms with E-state index in [1.165, 1.54) is 17.3 Å². The number of piperazine rings is 1. The molecule has 1 aliphatic rings. The molecular formula is C24H27N5O2S. The number of thioether (sulfide) groups is 1. The van der Waals surface area contributed by atoms with Crippen molar-refractivity contribution in [3.63, 3.8) is 0 Å². The summed E-state index contributed by atoms with van der Waals surface area (Å²) >= 11 is 1.51. The van der Waals surface area contributed by atoms with Gasteiger partial charge in [-0.1, -0.05) is 48.2 Å². The van der Waals surface area contributed by atoms with Crippen LogP contribution in [0.1, 0.15) is 29.0 Å². The van der Waals surface area contributed by atoms with Gasteiger partial charge in [-0.2, -0.15) is 0 Å². The van der Waals surface area contributed by atoms with Crippen molar-refractivity contribution in [2.75, 3.05) is 31.1 Å². The molecule has 1 amide bonds. The van der Waals surface area contributed by atoms with E-state index in [-0.39, 0.29) is 23.1 Å². The van der Waals surface area contributed by atoms with E-state index in [2.05, 4.69) is 38.9 Å². The molecule has 0 unspecified atom stereocenters. The molecule has 1 saturated heterocycles. The van der Waals surface area contributed by atoms with Gasteiger partial charge in [0.05, 0.1) is 6.42 Å². The van der Waals surface area contributed by atoms with E-state index in [0.717, 1.165) is 18.9 Å². The van der Waals surface area contributed by atoms with E-state index in [1.807, 2.05) is 41.3 Å². The van der Waals surface area contributed by atoms with E-state index < -0.39 is 0 Å². The Morgan fingerprint density at radius 2 is 1.81 bits per heavy atom. The highest BCUT2D eigenvalue weighted by Gasteiger charge is 2.23. The number of aryl methyl sites for hydroxylation is 1. The third kappa shape index (κ3) is 5.19. The van der Waals surface area contributed by atoms with E-state index in [1.54, 1.807) is 13.1 Å². The predicted octanol–water partition coefficient (Wildman–Crippen LogP) is 3.22. The van der Waals surface area contributed by atoms with E-state index in [4.69, 9.17) is 0 Å². The van der Waals surface area contributed by atoms with Crippen LogP contribution in [0, 0.1) is 6.92 Å². The minimum atomic E-state index is -0.235. The fourth-order valence-corrected chi connectivity index (χ4v) is 4.77. The van der Waals surface area contributed by atoms with Gasteiger partial charge < -0.3 is 14.8 Å². The van der Waals surface area contributed by atoms with Crippen molar-refractivity contribution in [2.24, 2.45) is 0 Å². The number of benzene rings is 1. The maximum absolute atomic E-state index is 12.9. The Morgan fingerprint density at radius 3 is 2.47 bits per heavy atom. The van der Waals surface area contributed by atoms with E-state index >= 15 is 0 Å². The summed E-state index contributed by atoms with van der Waals surface area (Å²) in [4.78, 5) is 41.4. The summed E-state index contributed by atoms with van der Waals surface area (Å²) in [6.07, 6.45) is 1.84. The zero-order valence-electron chi connectivity index (χ0n) is 18.3. The first-order valence-corrected chi connectivity index (χ1v) is 11.6. The third-order valence-electron chi connectivity index (χ3n) is 5.69.